The second kappa shape index (κ2) is 6.53. The molecule has 0 radical (unpaired) electrons. The van der Waals surface area contributed by atoms with E-state index in [1.54, 1.807) is 11.1 Å². The molecule has 3 N–H and O–H groups in total. The third kappa shape index (κ3) is 4.32. The Morgan fingerprint density at radius 2 is 1.89 bits per heavy atom. The SMILES string of the molecule is CC(C)(CCN)CNCc1ccc2c(c1)CCCC2. The predicted molar refractivity (Wildman–Crippen MR) is 82.2 cm³/mol. The smallest absolute Gasteiger partial charge is 0.0205 e. The second-order valence-corrected chi connectivity index (χ2v) is 6.62. The van der Waals surface area contributed by atoms with Gasteiger partial charge in [0.25, 0.3) is 0 Å². The van der Waals surface area contributed by atoms with Gasteiger partial charge in [0.05, 0.1) is 0 Å². The molecule has 106 valence electrons. The number of hydrogen-bond acceptors (Lipinski definition) is 2. The Morgan fingerprint density at radius 1 is 1.16 bits per heavy atom. The highest BCUT2D eigenvalue weighted by atomic mass is 14.9. The van der Waals surface area contributed by atoms with Gasteiger partial charge < -0.3 is 11.1 Å². The Balaban J connectivity index is 1.86. The summed E-state index contributed by atoms with van der Waals surface area (Å²) in [5.41, 5.74) is 10.5. The predicted octanol–water partition coefficient (Wildman–Crippen LogP) is 3.03. The molecule has 0 aliphatic heterocycles. The molecule has 0 atom stereocenters. The van der Waals surface area contributed by atoms with Crippen LogP contribution >= 0.6 is 0 Å². The summed E-state index contributed by atoms with van der Waals surface area (Å²) in [6.45, 7) is 7.33. The molecular formula is C17H28N2. The maximum Gasteiger partial charge on any atom is 0.0205 e. The Hall–Kier alpha value is -0.860. The fourth-order valence-corrected chi connectivity index (χ4v) is 2.92. The van der Waals surface area contributed by atoms with Gasteiger partial charge in [0.15, 0.2) is 0 Å². The van der Waals surface area contributed by atoms with E-state index < -0.39 is 0 Å². The first-order valence-electron chi connectivity index (χ1n) is 7.62. The van der Waals surface area contributed by atoms with Crippen LogP contribution in [0.15, 0.2) is 18.2 Å². The minimum absolute atomic E-state index is 0.295. The second-order valence-electron chi connectivity index (χ2n) is 6.62. The lowest BCUT2D eigenvalue weighted by atomic mass is 9.89. The molecule has 1 aromatic carbocycles. The molecule has 2 rings (SSSR count). The van der Waals surface area contributed by atoms with E-state index in [0.29, 0.717) is 5.41 Å². The number of benzene rings is 1. The van der Waals surface area contributed by atoms with E-state index >= 15 is 0 Å². The van der Waals surface area contributed by atoms with Gasteiger partial charge in [-0.3, -0.25) is 0 Å². The van der Waals surface area contributed by atoms with Crippen LogP contribution < -0.4 is 11.1 Å². The van der Waals surface area contributed by atoms with Crippen LogP contribution in [0.3, 0.4) is 0 Å². The molecule has 0 spiro atoms. The zero-order valence-corrected chi connectivity index (χ0v) is 12.5. The lowest BCUT2D eigenvalue weighted by Crippen LogP contribution is -2.31. The van der Waals surface area contributed by atoms with E-state index in [-0.39, 0.29) is 0 Å². The van der Waals surface area contributed by atoms with E-state index in [1.165, 1.54) is 31.2 Å². The monoisotopic (exact) mass is 260 g/mol. The highest BCUT2D eigenvalue weighted by Crippen LogP contribution is 2.22. The van der Waals surface area contributed by atoms with Gasteiger partial charge in [-0.25, -0.2) is 0 Å². The normalized spacial score (nSPS) is 15.3. The quantitative estimate of drug-likeness (QED) is 0.825. The number of rotatable bonds is 6. The van der Waals surface area contributed by atoms with Crippen LogP contribution in [0.5, 0.6) is 0 Å². The average molecular weight is 260 g/mol. The minimum Gasteiger partial charge on any atom is -0.330 e. The largest absolute Gasteiger partial charge is 0.330 e. The summed E-state index contributed by atoms with van der Waals surface area (Å²) in [6, 6.07) is 7.01. The Bertz CT molecular complexity index is 410. The summed E-state index contributed by atoms with van der Waals surface area (Å²) in [7, 11) is 0. The van der Waals surface area contributed by atoms with Crippen molar-refractivity contribution in [2.24, 2.45) is 11.1 Å². The summed E-state index contributed by atoms with van der Waals surface area (Å²) in [4.78, 5) is 0. The van der Waals surface area contributed by atoms with Crippen molar-refractivity contribution >= 4 is 0 Å². The molecule has 0 saturated heterocycles. The summed E-state index contributed by atoms with van der Waals surface area (Å²) < 4.78 is 0. The zero-order chi connectivity index (χ0) is 13.7. The van der Waals surface area contributed by atoms with Crippen LogP contribution in [0.2, 0.25) is 0 Å². The molecule has 1 aromatic rings. The first-order chi connectivity index (χ1) is 9.11. The van der Waals surface area contributed by atoms with Crippen molar-refractivity contribution in [3.8, 4) is 0 Å². The highest BCUT2D eigenvalue weighted by Gasteiger charge is 2.16. The van der Waals surface area contributed by atoms with Crippen LogP contribution in [0, 0.1) is 5.41 Å². The molecule has 0 bridgehead atoms. The lowest BCUT2D eigenvalue weighted by Gasteiger charge is -2.24. The molecule has 0 heterocycles. The highest BCUT2D eigenvalue weighted by molar-refractivity contribution is 5.33. The molecule has 0 unspecified atom stereocenters. The molecule has 19 heavy (non-hydrogen) atoms. The van der Waals surface area contributed by atoms with Crippen molar-refractivity contribution < 1.29 is 0 Å². The molecule has 0 aromatic heterocycles. The summed E-state index contributed by atoms with van der Waals surface area (Å²) >= 11 is 0. The van der Waals surface area contributed by atoms with Crippen molar-refractivity contribution in [1.82, 2.24) is 5.32 Å². The van der Waals surface area contributed by atoms with E-state index in [2.05, 4.69) is 37.4 Å². The lowest BCUT2D eigenvalue weighted by molar-refractivity contribution is 0.319. The molecule has 1 aliphatic carbocycles. The first kappa shape index (κ1) is 14.5. The maximum absolute atomic E-state index is 5.65. The van der Waals surface area contributed by atoms with Gasteiger partial charge >= 0.3 is 0 Å². The minimum atomic E-state index is 0.295. The van der Waals surface area contributed by atoms with Crippen LogP contribution in [0.4, 0.5) is 0 Å². The van der Waals surface area contributed by atoms with Crippen LogP contribution in [0.25, 0.3) is 0 Å². The van der Waals surface area contributed by atoms with Crippen molar-refractivity contribution in [1.29, 1.82) is 0 Å². The fraction of sp³-hybridized carbons (Fsp3) is 0.647. The number of nitrogens with one attached hydrogen (secondary N) is 1. The number of hydrogen-bond donors (Lipinski definition) is 2. The summed E-state index contributed by atoms with van der Waals surface area (Å²) in [5.74, 6) is 0. The Kier molecular flexibility index (Phi) is 5.00. The number of nitrogens with two attached hydrogens (primary N) is 1. The molecule has 0 fully saturated rings. The van der Waals surface area contributed by atoms with Gasteiger partial charge in [0.1, 0.15) is 0 Å². The molecule has 0 amide bonds. The van der Waals surface area contributed by atoms with Gasteiger partial charge in [-0.2, -0.15) is 0 Å². The molecule has 2 heteroatoms. The number of aryl methyl sites for hydroxylation is 2. The topological polar surface area (TPSA) is 38.0 Å². The van der Waals surface area contributed by atoms with Crippen molar-refractivity contribution in [3.05, 3.63) is 34.9 Å². The zero-order valence-electron chi connectivity index (χ0n) is 12.5. The molecule has 0 saturated carbocycles. The van der Waals surface area contributed by atoms with Gasteiger partial charge in [0, 0.05) is 13.1 Å². The van der Waals surface area contributed by atoms with Gasteiger partial charge in [-0.1, -0.05) is 32.0 Å². The van der Waals surface area contributed by atoms with E-state index in [1.807, 2.05) is 0 Å². The fourth-order valence-electron chi connectivity index (χ4n) is 2.92. The maximum atomic E-state index is 5.65. The van der Waals surface area contributed by atoms with Crippen LogP contribution in [0.1, 0.15) is 49.8 Å². The number of fused-ring (bicyclic) bond motifs is 1. The van der Waals surface area contributed by atoms with Gasteiger partial charge in [-0.15, -0.1) is 0 Å². The standard InChI is InChI=1S/C17H28N2/c1-17(2,9-10-18)13-19-12-14-7-8-15-5-3-4-6-16(15)11-14/h7-8,11,19H,3-6,9-10,12-13,18H2,1-2H3. The van der Waals surface area contributed by atoms with Crippen molar-refractivity contribution in [2.45, 2.75) is 52.5 Å². The average Bonchev–Trinajstić information content (AvgIpc) is 2.38. The van der Waals surface area contributed by atoms with E-state index in [9.17, 15) is 0 Å². The van der Waals surface area contributed by atoms with Crippen LogP contribution in [-0.2, 0) is 19.4 Å². The first-order valence-corrected chi connectivity index (χ1v) is 7.62. The van der Waals surface area contributed by atoms with Gasteiger partial charge in [-0.05, 0) is 60.8 Å². The van der Waals surface area contributed by atoms with Gasteiger partial charge in [0.2, 0.25) is 0 Å². The molecule has 1 aliphatic rings. The summed E-state index contributed by atoms with van der Waals surface area (Å²) in [6.07, 6.45) is 6.32. The van der Waals surface area contributed by atoms with Crippen molar-refractivity contribution in [3.63, 3.8) is 0 Å². The third-order valence-corrected chi connectivity index (χ3v) is 4.17. The molecular weight excluding hydrogens is 232 g/mol. The Morgan fingerprint density at radius 3 is 2.63 bits per heavy atom. The van der Waals surface area contributed by atoms with E-state index in [0.717, 1.165) is 26.1 Å². The van der Waals surface area contributed by atoms with E-state index in [4.69, 9.17) is 5.73 Å². The molecule has 2 nitrogen and oxygen atoms in total. The van der Waals surface area contributed by atoms with Crippen molar-refractivity contribution in [2.75, 3.05) is 13.1 Å². The Labute approximate surface area is 117 Å². The van der Waals surface area contributed by atoms with Crippen LogP contribution in [-0.4, -0.2) is 13.1 Å². The third-order valence-electron chi connectivity index (χ3n) is 4.17. The summed E-state index contributed by atoms with van der Waals surface area (Å²) in [5, 5.41) is 3.58.